The van der Waals surface area contributed by atoms with Gasteiger partial charge in [0.1, 0.15) is 5.01 Å². The van der Waals surface area contributed by atoms with Crippen molar-refractivity contribution in [3.8, 4) is 10.6 Å². The van der Waals surface area contributed by atoms with Gasteiger partial charge >= 0.3 is 0 Å². The first-order chi connectivity index (χ1) is 8.70. The molecule has 0 aliphatic heterocycles. The summed E-state index contributed by atoms with van der Waals surface area (Å²) < 4.78 is 0. The summed E-state index contributed by atoms with van der Waals surface area (Å²) in [6.07, 6.45) is 0. The van der Waals surface area contributed by atoms with Crippen molar-refractivity contribution in [3.63, 3.8) is 0 Å². The summed E-state index contributed by atoms with van der Waals surface area (Å²) in [6.45, 7) is 3.70. The minimum absolute atomic E-state index is 0.100. The first-order valence-electron chi connectivity index (χ1n) is 5.60. The van der Waals surface area contributed by atoms with Crippen LogP contribution in [0.1, 0.15) is 12.6 Å². The van der Waals surface area contributed by atoms with Crippen LogP contribution in [0.4, 0.5) is 5.69 Å². The number of nitrogens with zero attached hydrogens (tertiary/aromatic N) is 2. The topological polar surface area (TPSA) is 68.1 Å². The Morgan fingerprint density at radius 3 is 2.72 bits per heavy atom. The van der Waals surface area contributed by atoms with Crippen molar-refractivity contribution < 1.29 is 4.92 Å². The van der Waals surface area contributed by atoms with Gasteiger partial charge in [-0.05, 0) is 18.7 Å². The summed E-state index contributed by atoms with van der Waals surface area (Å²) in [5.41, 5.74) is 2.01. The van der Waals surface area contributed by atoms with Gasteiger partial charge in [0.25, 0.3) is 5.69 Å². The lowest BCUT2D eigenvalue weighted by Gasteiger charge is -1.97. The van der Waals surface area contributed by atoms with E-state index in [2.05, 4.69) is 10.3 Å². The van der Waals surface area contributed by atoms with Gasteiger partial charge in [0.05, 0.1) is 10.6 Å². The summed E-state index contributed by atoms with van der Waals surface area (Å²) in [5.74, 6) is 0. The Morgan fingerprint density at radius 2 is 2.11 bits per heavy atom. The third-order valence-electron chi connectivity index (χ3n) is 2.43. The van der Waals surface area contributed by atoms with Crippen molar-refractivity contribution in [2.24, 2.45) is 0 Å². The average molecular weight is 263 g/mol. The molecule has 2 aromatic rings. The lowest BCUT2D eigenvalue weighted by molar-refractivity contribution is -0.384. The molecular formula is C12H13N3O2S. The molecule has 18 heavy (non-hydrogen) atoms. The standard InChI is InChI=1S/C12H13N3O2S/c1-2-13-7-10-8-18-12(14-10)9-3-5-11(6-4-9)15(16)17/h3-6,8,13H,2,7H2,1H3. The van der Waals surface area contributed by atoms with Crippen LogP contribution in [0.5, 0.6) is 0 Å². The molecule has 94 valence electrons. The zero-order chi connectivity index (χ0) is 13.0. The smallest absolute Gasteiger partial charge is 0.269 e. The van der Waals surface area contributed by atoms with E-state index < -0.39 is 4.92 Å². The van der Waals surface area contributed by atoms with Crippen molar-refractivity contribution >= 4 is 17.0 Å². The zero-order valence-corrected chi connectivity index (χ0v) is 10.7. The highest BCUT2D eigenvalue weighted by Crippen LogP contribution is 2.25. The maximum atomic E-state index is 10.6. The predicted molar refractivity (Wildman–Crippen MR) is 71.6 cm³/mol. The normalized spacial score (nSPS) is 10.5. The average Bonchev–Trinajstić information content (AvgIpc) is 2.85. The van der Waals surface area contributed by atoms with Crippen LogP contribution in [0.25, 0.3) is 10.6 Å². The number of nitro benzene ring substituents is 1. The van der Waals surface area contributed by atoms with Gasteiger partial charge < -0.3 is 5.32 Å². The Labute approximate surface area is 109 Å². The van der Waals surface area contributed by atoms with E-state index in [0.29, 0.717) is 0 Å². The van der Waals surface area contributed by atoms with Gasteiger partial charge in [-0.2, -0.15) is 0 Å². The number of aromatic nitrogens is 1. The van der Waals surface area contributed by atoms with Crippen LogP contribution in [0.2, 0.25) is 0 Å². The fraction of sp³-hybridized carbons (Fsp3) is 0.250. The van der Waals surface area contributed by atoms with Crippen molar-refractivity contribution in [2.45, 2.75) is 13.5 Å². The third kappa shape index (κ3) is 2.91. The number of non-ortho nitro benzene ring substituents is 1. The second kappa shape index (κ2) is 5.70. The number of benzene rings is 1. The first-order valence-corrected chi connectivity index (χ1v) is 6.48. The highest BCUT2D eigenvalue weighted by molar-refractivity contribution is 7.13. The maximum Gasteiger partial charge on any atom is 0.269 e. The molecular weight excluding hydrogens is 250 g/mol. The molecule has 1 aromatic heterocycles. The van der Waals surface area contributed by atoms with Crippen molar-refractivity contribution in [3.05, 3.63) is 45.5 Å². The Bertz CT molecular complexity index is 537. The van der Waals surface area contributed by atoms with E-state index in [1.165, 1.54) is 12.1 Å². The quantitative estimate of drug-likeness (QED) is 0.665. The molecule has 0 fully saturated rings. The van der Waals surface area contributed by atoms with E-state index in [0.717, 1.165) is 29.4 Å². The summed E-state index contributed by atoms with van der Waals surface area (Å²) in [4.78, 5) is 14.6. The molecule has 0 aliphatic rings. The van der Waals surface area contributed by atoms with Crippen LogP contribution in [-0.2, 0) is 6.54 Å². The molecule has 0 bridgehead atoms. The van der Waals surface area contributed by atoms with E-state index >= 15 is 0 Å². The summed E-state index contributed by atoms with van der Waals surface area (Å²) >= 11 is 1.55. The first kappa shape index (κ1) is 12.7. The van der Waals surface area contributed by atoms with Gasteiger partial charge in [-0.15, -0.1) is 11.3 Å². The number of nitrogens with one attached hydrogen (secondary N) is 1. The second-order valence-electron chi connectivity index (χ2n) is 3.73. The Balaban J connectivity index is 2.15. The minimum atomic E-state index is -0.401. The van der Waals surface area contributed by atoms with Crippen LogP contribution in [0.15, 0.2) is 29.6 Å². The monoisotopic (exact) mass is 263 g/mol. The number of nitro groups is 1. The molecule has 0 radical (unpaired) electrons. The Hall–Kier alpha value is -1.79. The van der Waals surface area contributed by atoms with E-state index in [-0.39, 0.29) is 5.69 Å². The van der Waals surface area contributed by atoms with E-state index in [9.17, 15) is 10.1 Å². The molecule has 1 aromatic carbocycles. The van der Waals surface area contributed by atoms with Gasteiger partial charge in [0.15, 0.2) is 0 Å². The molecule has 0 aliphatic carbocycles. The van der Waals surface area contributed by atoms with E-state index in [4.69, 9.17) is 0 Å². The highest BCUT2D eigenvalue weighted by atomic mass is 32.1. The fourth-order valence-electron chi connectivity index (χ4n) is 1.50. The van der Waals surface area contributed by atoms with Crippen molar-refractivity contribution in [2.75, 3.05) is 6.54 Å². The summed E-state index contributed by atoms with van der Waals surface area (Å²) in [6, 6.07) is 6.46. The van der Waals surface area contributed by atoms with Gasteiger partial charge in [0, 0.05) is 29.6 Å². The Morgan fingerprint density at radius 1 is 1.39 bits per heavy atom. The van der Waals surface area contributed by atoms with Crippen molar-refractivity contribution in [1.82, 2.24) is 10.3 Å². The molecule has 5 nitrogen and oxygen atoms in total. The lowest BCUT2D eigenvalue weighted by Crippen LogP contribution is -2.11. The van der Waals surface area contributed by atoms with Crippen molar-refractivity contribution in [1.29, 1.82) is 0 Å². The summed E-state index contributed by atoms with van der Waals surface area (Å²) in [7, 11) is 0. The van der Waals surface area contributed by atoms with Crippen LogP contribution >= 0.6 is 11.3 Å². The highest BCUT2D eigenvalue weighted by Gasteiger charge is 2.08. The molecule has 0 saturated heterocycles. The maximum absolute atomic E-state index is 10.6. The lowest BCUT2D eigenvalue weighted by atomic mass is 10.2. The number of thiazole rings is 1. The number of hydrogen-bond donors (Lipinski definition) is 1. The van der Waals surface area contributed by atoms with Gasteiger partial charge in [-0.25, -0.2) is 4.98 Å². The van der Waals surface area contributed by atoms with E-state index in [1.54, 1.807) is 23.5 Å². The molecule has 0 atom stereocenters. The summed E-state index contributed by atoms with van der Waals surface area (Å²) in [5, 5.41) is 16.6. The molecule has 0 amide bonds. The van der Waals surface area contributed by atoms with Gasteiger partial charge in [-0.1, -0.05) is 6.92 Å². The fourth-order valence-corrected chi connectivity index (χ4v) is 2.33. The molecule has 0 unspecified atom stereocenters. The van der Waals surface area contributed by atoms with Gasteiger partial charge in [0.2, 0.25) is 0 Å². The van der Waals surface area contributed by atoms with Crippen LogP contribution in [0.3, 0.4) is 0 Å². The SMILES string of the molecule is CCNCc1csc(-c2ccc([N+](=O)[O-])cc2)n1. The molecule has 1 heterocycles. The van der Waals surface area contributed by atoms with Gasteiger partial charge in [-0.3, -0.25) is 10.1 Å². The molecule has 1 N–H and O–H groups in total. The molecule has 6 heteroatoms. The van der Waals surface area contributed by atoms with Crippen LogP contribution < -0.4 is 5.32 Å². The number of hydrogen-bond acceptors (Lipinski definition) is 5. The zero-order valence-electron chi connectivity index (χ0n) is 9.92. The predicted octanol–water partition coefficient (Wildman–Crippen LogP) is 2.83. The molecule has 0 saturated carbocycles. The largest absolute Gasteiger partial charge is 0.311 e. The third-order valence-corrected chi connectivity index (χ3v) is 3.37. The second-order valence-corrected chi connectivity index (χ2v) is 4.59. The minimum Gasteiger partial charge on any atom is -0.311 e. The number of rotatable bonds is 5. The van der Waals surface area contributed by atoms with E-state index in [1.807, 2.05) is 12.3 Å². The molecule has 2 rings (SSSR count). The molecule has 0 spiro atoms. The van der Waals surface area contributed by atoms with Crippen LogP contribution in [-0.4, -0.2) is 16.5 Å². The van der Waals surface area contributed by atoms with Crippen LogP contribution in [0, 0.1) is 10.1 Å². The Kier molecular flexibility index (Phi) is 4.01.